The lowest BCUT2D eigenvalue weighted by Gasteiger charge is -2.24. The molecular weight excluding hydrogens is 336 g/mol. The number of carbonyl (C=O) groups excluding carboxylic acids is 1. The molecule has 1 fully saturated rings. The number of anilines is 1. The maximum absolute atomic E-state index is 12.4. The average molecular weight is 352 g/mol. The Morgan fingerprint density at radius 3 is 2.54 bits per heavy atom. The lowest BCUT2D eigenvalue weighted by atomic mass is 10.3. The van der Waals surface area contributed by atoms with Gasteiger partial charge in [-0.15, -0.1) is 0 Å². The molecule has 0 atom stereocenters. The number of rotatable bonds is 4. The quantitative estimate of drug-likeness (QED) is 0.802. The molecule has 0 saturated carbocycles. The summed E-state index contributed by atoms with van der Waals surface area (Å²) in [5.74, 6) is -0.913. The minimum Gasteiger partial charge on any atom is -0.506 e. The number of ether oxygens (including phenoxy) is 1. The predicted octanol–water partition coefficient (Wildman–Crippen LogP) is 1.26. The third-order valence-electron chi connectivity index (χ3n) is 3.52. The molecule has 0 radical (unpaired) electrons. The minimum absolute atomic E-state index is 0.0985. The van der Waals surface area contributed by atoms with Crippen LogP contribution in [-0.2, 0) is 14.8 Å². The van der Waals surface area contributed by atoms with Crippen molar-refractivity contribution in [2.45, 2.75) is 5.09 Å². The normalized spacial score (nSPS) is 16.0. The molecule has 3 rings (SSSR count). The van der Waals surface area contributed by atoms with Gasteiger partial charge < -0.3 is 19.6 Å². The number of sulfonamides is 1. The number of carbonyl (C=O) groups is 1. The van der Waals surface area contributed by atoms with Gasteiger partial charge in [0, 0.05) is 13.1 Å². The Kier molecular flexibility index (Phi) is 4.56. The summed E-state index contributed by atoms with van der Waals surface area (Å²) in [7, 11) is -3.80. The third kappa shape index (κ3) is 3.28. The van der Waals surface area contributed by atoms with Gasteiger partial charge >= 0.3 is 0 Å². The van der Waals surface area contributed by atoms with Crippen molar-refractivity contribution in [3.8, 4) is 5.75 Å². The van der Waals surface area contributed by atoms with Gasteiger partial charge in [0.05, 0.1) is 18.9 Å². The molecule has 1 saturated heterocycles. The molecule has 2 heterocycles. The summed E-state index contributed by atoms with van der Waals surface area (Å²) >= 11 is 0. The van der Waals surface area contributed by atoms with Crippen molar-refractivity contribution in [1.29, 1.82) is 0 Å². The number of furan rings is 1. The number of hydrogen-bond acceptors (Lipinski definition) is 6. The molecule has 1 amide bonds. The lowest BCUT2D eigenvalue weighted by molar-refractivity contribution is 0.0723. The molecule has 0 spiro atoms. The zero-order valence-electron chi connectivity index (χ0n) is 12.6. The van der Waals surface area contributed by atoms with E-state index in [0.29, 0.717) is 13.2 Å². The van der Waals surface area contributed by atoms with Crippen LogP contribution in [0.2, 0.25) is 0 Å². The van der Waals surface area contributed by atoms with Gasteiger partial charge in [-0.2, -0.15) is 4.31 Å². The Balaban J connectivity index is 1.77. The predicted molar refractivity (Wildman–Crippen MR) is 84.3 cm³/mol. The summed E-state index contributed by atoms with van der Waals surface area (Å²) in [6.07, 6.45) is 0. The minimum atomic E-state index is -3.80. The van der Waals surface area contributed by atoms with E-state index in [1.807, 2.05) is 0 Å². The molecule has 2 N–H and O–H groups in total. The summed E-state index contributed by atoms with van der Waals surface area (Å²) in [5.41, 5.74) is 0.205. The highest BCUT2D eigenvalue weighted by Crippen LogP contribution is 2.24. The van der Waals surface area contributed by atoms with Crippen molar-refractivity contribution < 1.29 is 27.5 Å². The van der Waals surface area contributed by atoms with E-state index in [1.165, 1.54) is 28.6 Å². The molecule has 0 aliphatic carbocycles. The van der Waals surface area contributed by atoms with E-state index >= 15 is 0 Å². The number of amides is 1. The standard InChI is InChI=1S/C15H16N2O6S/c18-12-4-2-1-3-11(12)16-15(19)13-5-6-14(23-13)24(20,21)17-7-9-22-10-8-17/h1-6,18H,7-10H2,(H,16,19). The largest absolute Gasteiger partial charge is 0.506 e. The van der Waals surface area contributed by atoms with Gasteiger partial charge in [0.15, 0.2) is 5.76 Å². The molecule has 24 heavy (non-hydrogen) atoms. The fraction of sp³-hybridized carbons (Fsp3) is 0.267. The molecule has 0 bridgehead atoms. The Morgan fingerprint density at radius 1 is 1.12 bits per heavy atom. The van der Waals surface area contributed by atoms with E-state index in [9.17, 15) is 18.3 Å². The fourth-order valence-corrected chi connectivity index (χ4v) is 3.58. The van der Waals surface area contributed by atoms with Gasteiger partial charge in [0.1, 0.15) is 5.75 Å². The van der Waals surface area contributed by atoms with Gasteiger partial charge in [-0.25, -0.2) is 8.42 Å². The highest BCUT2D eigenvalue weighted by molar-refractivity contribution is 7.89. The van der Waals surface area contributed by atoms with Gasteiger partial charge in [0.25, 0.3) is 15.9 Å². The maximum Gasteiger partial charge on any atom is 0.291 e. The SMILES string of the molecule is O=C(Nc1ccccc1O)c1ccc(S(=O)(=O)N2CCOCC2)o1. The number of phenolic OH excluding ortho intramolecular Hbond substituents is 1. The molecule has 1 aliphatic heterocycles. The molecule has 8 nitrogen and oxygen atoms in total. The third-order valence-corrected chi connectivity index (χ3v) is 5.29. The first-order valence-corrected chi connectivity index (χ1v) is 8.69. The number of benzene rings is 1. The second-order valence-electron chi connectivity index (χ2n) is 5.11. The summed E-state index contributed by atoms with van der Waals surface area (Å²) in [4.78, 5) is 12.1. The number of morpholine rings is 1. The molecular formula is C15H16N2O6S. The molecule has 128 valence electrons. The van der Waals surface area contributed by atoms with Crippen LogP contribution < -0.4 is 5.32 Å². The van der Waals surface area contributed by atoms with Crippen LogP contribution in [0.15, 0.2) is 45.9 Å². The van der Waals surface area contributed by atoms with Gasteiger partial charge in [0.2, 0.25) is 5.09 Å². The zero-order valence-corrected chi connectivity index (χ0v) is 13.5. The first-order valence-electron chi connectivity index (χ1n) is 7.25. The van der Waals surface area contributed by atoms with E-state index in [-0.39, 0.29) is 35.4 Å². The van der Waals surface area contributed by atoms with Crippen molar-refractivity contribution in [2.24, 2.45) is 0 Å². The van der Waals surface area contributed by atoms with Crippen LogP contribution in [0, 0.1) is 0 Å². The van der Waals surface area contributed by atoms with E-state index < -0.39 is 15.9 Å². The van der Waals surface area contributed by atoms with Crippen LogP contribution in [-0.4, -0.2) is 50.0 Å². The van der Waals surface area contributed by atoms with E-state index in [4.69, 9.17) is 9.15 Å². The van der Waals surface area contributed by atoms with Crippen LogP contribution in [0.4, 0.5) is 5.69 Å². The first-order chi connectivity index (χ1) is 11.5. The number of hydrogen-bond donors (Lipinski definition) is 2. The van der Waals surface area contributed by atoms with Crippen molar-refractivity contribution in [1.82, 2.24) is 4.31 Å². The van der Waals surface area contributed by atoms with Crippen LogP contribution in [0.5, 0.6) is 5.75 Å². The number of phenols is 1. The molecule has 1 aromatic carbocycles. The Bertz CT molecular complexity index is 839. The summed E-state index contributed by atoms with van der Waals surface area (Å²) < 4.78 is 36.5. The van der Waals surface area contributed by atoms with Crippen molar-refractivity contribution in [3.05, 3.63) is 42.2 Å². The van der Waals surface area contributed by atoms with Crippen molar-refractivity contribution >= 4 is 21.6 Å². The van der Waals surface area contributed by atoms with Crippen LogP contribution in [0.3, 0.4) is 0 Å². The van der Waals surface area contributed by atoms with Crippen LogP contribution in [0.25, 0.3) is 0 Å². The first kappa shape index (κ1) is 16.5. The van der Waals surface area contributed by atoms with Crippen molar-refractivity contribution in [2.75, 3.05) is 31.6 Å². The Morgan fingerprint density at radius 2 is 1.83 bits per heavy atom. The Hall–Kier alpha value is -2.36. The van der Waals surface area contributed by atoms with E-state index in [2.05, 4.69) is 5.32 Å². The highest BCUT2D eigenvalue weighted by atomic mass is 32.2. The second-order valence-corrected chi connectivity index (χ2v) is 6.98. The average Bonchev–Trinajstić information content (AvgIpc) is 3.09. The lowest BCUT2D eigenvalue weighted by Crippen LogP contribution is -2.40. The zero-order chi connectivity index (χ0) is 17.2. The molecule has 1 aliphatic rings. The second kappa shape index (κ2) is 6.63. The van der Waals surface area contributed by atoms with E-state index in [1.54, 1.807) is 12.1 Å². The maximum atomic E-state index is 12.4. The molecule has 9 heteroatoms. The Labute approximate surface area is 138 Å². The number of nitrogens with one attached hydrogen (secondary N) is 1. The van der Waals surface area contributed by atoms with E-state index in [0.717, 1.165) is 0 Å². The van der Waals surface area contributed by atoms with Gasteiger partial charge in [-0.3, -0.25) is 4.79 Å². The smallest absolute Gasteiger partial charge is 0.291 e. The molecule has 1 aromatic heterocycles. The highest BCUT2D eigenvalue weighted by Gasteiger charge is 2.30. The molecule has 2 aromatic rings. The summed E-state index contributed by atoms with van der Waals surface area (Å²) in [6, 6.07) is 8.72. The van der Waals surface area contributed by atoms with Gasteiger partial charge in [-0.05, 0) is 24.3 Å². The number of aromatic hydroxyl groups is 1. The van der Waals surface area contributed by atoms with Crippen LogP contribution in [0.1, 0.15) is 10.6 Å². The summed E-state index contributed by atoms with van der Waals surface area (Å²) in [6.45, 7) is 1.12. The van der Waals surface area contributed by atoms with Gasteiger partial charge in [-0.1, -0.05) is 12.1 Å². The van der Waals surface area contributed by atoms with Crippen LogP contribution >= 0.6 is 0 Å². The fourth-order valence-electron chi connectivity index (χ4n) is 2.26. The number of para-hydroxylation sites is 2. The summed E-state index contributed by atoms with van der Waals surface area (Å²) in [5, 5.41) is 11.8. The van der Waals surface area contributed by atoms with Crippen molar-refractivity contribution in [3.63, 3.8) is 0 Å². The monoisotopic (exact) mass is 352 g/mol. The topological polar surface area (TPSA) is 109 Å². The molecule has 0 unspecified atom stereocenters. The number of nitrogens with zero attached hydrogens (tertiary/aromatic N) is 1.